The Morgan fingerprint density at radius 1 is 0.938 bits per heavy atom. The number of carbonyl (C=O) groups is 1. The Kier molecular flexibility index (Phi) is 5.94. The normalized spacial score (nSPS) is 10.7. The maximum atomic E-state index is 13.0. The van der Waals surface area contributed by atoms with Gasteiger partial charge in [-0.1, -0.05) is 24.3 Å². The molecule has 0 fully saturated rings. The Morgan fingerprint density at radius 3 is 2.38 bits per heavy atom. The maximum Gasteiger partial charge on any atom is 0.337 e. The van der Waals surface area contributed by atoms with Crippen molar-refractivity contribution in [2.45, 2.75) is 20.5 Å². The van der Waals surface area contributed by atoms with Gasteiger partial charge in [-0.2, -0.15) is 0 Å². The van der Waals surface area contributed by atoms with E-state index in [4.69, 9.17) is 13.9 Å². The van der Waals surface area contributed by atoms with Gasteiger partial charge in [-0.15, -0.1) is 0 Å². The summed E-state index contributed by atoms with van der Waals surface area (Å²) in [7, 11) is 1.32. The third-order valence-corrected chi connectivity index (χ3v) is 5.14. The predicted molar refractivity (Wildman–Crippen MR) is 121 cm³/mol. The maximum absolute atomic E-state index is 13.0. The number of ether oxygens (including phenoxy) is 3. The Hall–Kier alpha value is -4.06. The molecule has 0 aliphatic rings. The van der Waals surface area contributed by atoms with Gasteiger partial charge in [-0.3, -0.25) is 4.79 Å². The second-order valence-corrected chi connectivity index (χ2v) is 7.31. The molecule has 1 heterocycles. The minimum absolute atomic E-state index is 0.0943. The average molecular weight is 430 g/mol. The number of methoxy groups -OCH3 is 1. The SMILES string of the molecule is COC(=O)c1ccc(Oc2c(C)oc3cc(OCc4ccccc4C)ccc3c2=O)cc1. The van der Waals surface area contributed by atoms with E-state index in [0.717, 1.165) is 11.1 Å². The van der Waals surface area contributed by atoms with Crippen LogP contribution < -0.4 is 14.9 Å². The molecule has 0 N–H and O–H groups in total. The van der Waals surface area contributed by atoms with Crippen molar-refractivity contribution in [3.8, 4) is 17.2 Å². The van der Waals surface area contributed by atoms with E-state index in [2.05, 4.69) is 4.74 Å². The van der Waals surface area contributed by atoms with Crippen molar-refractivity contribution in [3.05, 3.63) is 99.4 Å². The van der Waals surface area contributed by atoms with Crippen LogP contribution >= 0.6 is 0 Å². The van der Waals surface area contributed by atoms with Gasteiger partial charge in [0, 0.05) is 6.07 Å². The van der Waals surface area contributed by atoms with Gasteiger partial charge in [0.15, 0.2) is 0 Å². The summed E-state index contributed by atoms with van der Waals surface area (Å²) >= 11 is 0. The molecule has 0 aliphatic carbocycles. The summed E-state index contributed by atoms with van der Waals surface area (Å²) in [6.07, 6.45) is 0. The highest BCUT2D eigenvalue weighted by Gasteiger charge is 2.15. The Bertz CT molecular complexity index is 1340. The molecule has 0 saturated heterocycles. The monoisotopic (exact) mass is 430 g/mol. The molecule has 0 unspecified atom stereocenters. The van der Waals surface area contributed by atoms with E-state index in [1.54, 1.807) is 49.4 Å². The van der Waals surface area contributed by atoms with Gasteiger partial charge in [0.25, 0.3) is 0 Å². The lowest BCUT2D eigenvalue weighted by Gasteiger charge is -2.11. The first-order chi connectivity index (χ1) is 15.5. The molecule has 0 bridgehead atoms. The van der Waals surface area contributed by atoms with Crippen LogP contribution in [0.15, 0.2) is 75.9 Å². The predicted octanol–water partition coefficient (Wildman–Crippen LogP) is 5.57. The number of fused-ring (bicyclic) bond motifs is 1. The minimum atomic E-state index is -0.446. The molecule has 0 spiro atoms. The van der Waals surface area contributed by atoms with Crippen molar-refractivity contribution < 1.29 is 23.4 Å². The number of hydrogen-bond donors (Lipinski definition) is 0. The zero-order valence-electron chi connectivity index (χ0n) is 18.0. The first kappa shape index (κ1) is 21.2. The van der Waals surface area contributed by atoms with Crippen molar-refractivity contribution in [1.29, 1.82) is 0 Å². The van der Waals surface area contributed by atoms with E-state index >= 15 is 0 Å². The van der Waals surface area contributed by atoms with Gasteiger partial charge >= 0.3 is 5.97 Å². The second kappa shape index (κ2) is 8.98. The Morgan fingerprint density at radius 2 is 1.66 bits per heavy atom. The molecule has 162 valence electrons. The molecule has 0 saturated carbocycles. The fourth-order valence-electron chi connectivity index (χ4n) is 3.30. The zero-order valence-corrected chi connectivity index (χ0v) is 18.0. The number of benzene rings is 3. The summed E-state index contributed by atoms with van der Waals surface area (Å²) in [5.41, 5.74) is 2.76. The number of esters is 1. The Labute approximate surface area is 185 Å². The van der Waals surface area contributed by atoms with Crippen molar-refractivity contribution in [3.63, 3.8) is 0 Å². The second-order valence-electron chi connectivity index (χ2n) is 7.31. The van der Waals surface area contributed by atoms with Gasteiger partial charge < -0.3 is 18.6 Å². The molecule has 0 atom stereocenters. The van der Waals surface area contributed by atoms with Gasteiger partial charge in [0.1, 0.15) is 29.4 Å². The van der Waals surface area contributed by atoms with Crippen LogP contribution in [0.4, 0.5) is 0 Å². The van der Waals surface area contributed by atoms with Gasteiger partial charge in [0.05, 0.1) is 18.1 Å². The Balaban J connectivity index is 1.58. The van der Waals surface area contributed by atoms with Crippen LogP contribution in [-0.2, 0) is 11.3 Å². The van der Waals surface area contributed by atoms with E-state index in [9.17, 15) is 9.59 Å². The van der Waals surface area contributed by atoms with E-state index in [1.807, 2.05) is 31.2 Å². The first-order valence-corrected chi connectivity index (χ1v) is 10.1. The summed E-state index contributed by atoms with van der Waals surface area (Å²) in [5.74, 6) is 1.01. The van der Waals surface area contributed by atoms with Crippen molar-refractivity contribution in [2.75, 3.05) is 7.11 Å². The standard InChI is InChI=1S/C26H22O6/c1-16-6-4-5-7-19(16)15-30-21-12-13-22-23(14-21)31-17(2)25(24(22)27)32-20-10-8-18(9-11-20)26(28)29-3/h4-14H,15H2,1-3H3. The van der Waals surface area contributed by atoms with Crippen LogP contribution in [0.2, 0.25) is 0 Å². The summed E-state index contributed by atoms with van der Waals surface area (Å²) in [6.45, 7) is 4.12. The molecule has 0 aliphatic heterocycles. The highest BCUT2D eigenvalue weighted by atomic mass is 16.5. The van der Waals surface area contributed by atoms with Gasteiger partial charge in [-0.25, -0.2) is 4.79 Å². The molecule has 4 aromatic rings. The third kappa shape index (κ3) is 4.34. The molecule has 32 heavy (non-hydrogen) atoms. The number of rotatable bonds is 6. The molecule has 0 radical (unpaired) electrons. The van der Waals surface area contributed by atoms with E-state index in [0.29, 0.717) is 40.4 Å². The molecule has 1 aromatic heterocycles. The lowest BCUT2D eigenvalue weighted by molar-refractivity contribution is 0.0600. The highest BCUT2D eigenvalue weighted by molar-refractivity contribution is 5.89. The van der Waals surface area contributed by atoms with Crippen LogP contribution in [0.1, 0.15) is 27.2 Å². The topological polar surface area (TPSA) is 75.0 Å². The third-order valence-electron chi connectivity index (χ3n) is 5.14. The summed E-state index contributed by atoms with van der Waals surface area (Å²) in [6, 6.07) is 19.4. The average Bonchev–Trinajstić information content (AvgIpc) is 2.81. The zero-order chi connectivity index (χ0) is 22.7. The number of hydrogen-bond acceptors (Lipinski definition) is 6. The van der Waals surface area contributed by atoms with Crippen LogP contribution in [0.25, 0.3) is 11.0 Å². The van der Waals surface area contributed by atoms with Crippen LogP contribution in [-0.4, -0.2) is 13.1 Å². The van der Waals surface area contributed by atoms with Gasteiger partial charge in [0.2, 0.25) is 11.2 Å². The molecule has 6 nitrogen and oxygen atoms in total. The lowest BCUT2D eigenvalue weighted by Crippen LogP contribution is -2.08. The molecular formula is C26H22O6. The summed E-state index contributed by atoms with van der Waals surface area (Å²) < 4.78 is 22.2. The van der Waals surface area contributed by atoms with Crippen LogP contribution in [0, 0.1) is 13.8 Å². The van der Waals surface area contributed by atoms with E-state index in [-0.39, 0.29) is 11.2 Å². The lowest BCUT2D eigenvalue weighted by atomic mass is 10.1. The summed E-state index contributed by atoms with van der Waals surface area (Å²) in [4.78, 5) is 24.6. The minimum Gasteiger partial charge on any atom is -0.489 e. The first-order valence-electron chi connectivity index (χ1n) is 10.1. The van der Waals surface area contributed by atoms with E-state index in [1.165, 1.54) is 7.11 Å². The van der Waals surface area contributed by atoms with Crippen LogP contribution in [0.3, 0.4) is 0 Å². The highest BCUT2D eigenvalue weighted by Crippen LogP contribution is 2.28. The molecule has 0 amide bonds. The number of carbonyl (C=O) groups excluding carboxylic acids is 1. The molecule has 4 rings (SSSR count). The summed E-state index contributed by atoms with van der Waals surface area (Å²) in [5, 5.41) is 0.389. The van der Waals surface area contributed by atoms with Crippen molar-refractivity contribution in [1.82, 2.24) is 0 Å². The smallest absolute Gasteiger partial charge is 0.337 e. The molecule has 6 heteroatoms. The van der Waals surface area contributed by atoms with Crippen molar-refractivity contribution >= 4 is 16.9 Å². The van der Waals surface area contributed by atoms with Crippen molar-refractivity contribution in [2.24, 2.45) is 0 Å². The number of aryl methyl sites for hydroxylation is 2. The van der Waals surface area contributed by atoms with Gasteiger partial charge in [-0.05, 0) is 61.4 Å². The van der Waals surface area contributed by atoms with Crippen LogP contribution in [0.5, 0.6) is 17.2 Å². The van der Waals surface area contributed by atoms with E-state index < -0.39 is 5.97 Å². The molecular weight excluding hydrogens is 408 g/mol. The quantitative estimate of drug-likeness (QED) is 0.373. The molecule has 3 aromatic carbocycles. The fraction of sp³-hybridized carbons (Fsp3) is 0.154. The fourth-order valence-corrected chi connectivity index (χ4v) is 3.30. The largest absolute Gasteiger partial charge is 0.489 e.